The lowest BCUT2D eigenvalue weighted by Crippen LogP contribution is -2.59. The number of aliphatic hydroxyl groups is 4. The van der Waals surface area contributed by atoms with E-state index in [0.717, 1.165) is 0 Å². The van der Waals surface area contributed by atoms with Gasteiger partial charge >= 0.3 is 0 Å². The van der Waals surface area contributed by atoms with Gasteiger partial charge in [0.05, 0.1) is 24.9 Å². The summed E-state index contributed by atoms with van der Waals surface area (Å²) in [5.41, 5.74) is 0.581. The average molecular weight is 327 g/mol. The summed E-state index contributed by atoms with van der Waals surface area (Å²) in [5.74, 6) is 0. The number of hydrogen-bond donors (Lipinski definition) is 4. The molecular formula is C15H21NO7. The van der Waals surface area contributed by atoms with Crippen LogP contribution in [0.3, 0.4) is 0 Å². The second kappa shape index (κ2) is 7.99. The fourth-order valence-corrected chi connectivity index (χ4v) is 2.62. The van der Waals surface area contributed by atoms with Crippen molar-refractivity contribution < 1.29 is 34.6 Å². The molecule has 0 radical (unpaired) electrons. The van der Waals surface area contributed by atoms with Crippen LogP contribution < -0.4 is 0 Å². The van der Waals surface area contributed by atoms with Crippen molar-refractivity contribution >= 4 is 0 Å². The lowest BCUT2D eigenvalue weighted by Gasteiger charge is -2.41. The smallest absolute Gasteiger partial charge is 0.187 e. The minimum Gasteiger partial charge on any atom is -0.394 e. The predicted octanol–water partition coefficient (Wildman–Crippen LogP) is -1.40. The van der Waals surface area contributed by atoms with Crippen molar-refractivity contribution in [1.29, 1.82) is 5.26 Å². The van der Waals surface area contributed by atoms with Gasteiger partial charge in [-0.05, 0) is 5.57 Å². The van der Waals surface area contributed by atoms with Gasteiger partial charge in [0.2, 0.25) is 0 Å². The topological polar surface area (TPSA) is 132 Å². The Labute approximate surface area is 133 Å². The number of nitrogens with zero attached hydrogens (tertiary/aromatic N) is 1. The van der Waals surface area contributed by atoms with Crippen LogP contribution in [0.1, 0.15) is 6.42 Å². The molecule has 1 saturated heterocycles. The van der Waals surface area contributed by atoms with Gasteiger partial charge in [-0.1, -0.05) is 12.2 Å². The summed E-state index contributed by atoms with van der Waals surface area (Å²) in [6.07, 6.45) is -2.34. The minimum absolute atomic E-state index is 0.222. The molecule has 8 nitrogen and oxygen atoms in total. The molecule has 0 unspecified atom stereocenters. The van der Waals surface area contributed by atoms with Gasteiger partial charge in [0.15, 0.2) is 6.29 Å². The molecule has 0 spiro atoms. The van der Waals surface area contributed by atoms with E-state index in [1.54, 1.807) is 19.3 Å². The molecule has 128 valence electrons. The van der Waals surface area contributed by atoms with Gasteiger partial charge in [0.1, 0.15) is 24.4 Å². The van der Waals surface area contributed by atoms with E-state index >= 15 is 0 Å². The van der Waals surface area contributed by atoms with Crippen LogP contribution in [0.25, 0.3) is 0 Å². The zero-order valence-electron chi connectivity index (χ0n) is 12.6. The number of methoxy groups -OCH3 is 1. The highest BCUT2D eigenvalue weighted by Gasteiger charge is 2.45. The van der Waals surface area contributed by atoms with E-state index in [1.807, 2.05) is 6.07 Å². The van der Waals surface area contributed by atoms with Gasteiger partial charge in [0, 0.05) is 19.6 Å². The van der Waals surface area contributed by atoms with Crippen LogP contribution in [0.15, 0.2) is 23.8 Å². The van der Waals surface area contributed by atoms with E-state index in [-0.39, 0.29) is 6.10 Å². The van der Waals surface area contributed by atoms with Gasteiger partial charge in [-0.2, -0.15) is 5.26 Å². The van der Waals surface area contributed by atoms with Crippen molar-refractivity contribution in [3.8, 4) is 6.07 Å². The highest BCUT2D eigenvalue weighted by Crippen LogP contribution is 2.28. The van der Waals surface area contributed by atoms with Gasteiger partial charge < -0.3 is 34.6 Å². The second-order valence-electron chi connectivity index (χ2n) is 5.46. The molecule has 7 atom stereocenters. The van der Waals surface area contributed by atoms with Gasteiger partial charge in [-0.15, -0.1) is 0 Å². The Kier molecular flexibility index (Phi) is 6.26. The predicted molar refractivity (Wildman–Crippen MR) is 76.9 cm³/mol. The first-order chi connectivity index (χ1) is 11.0. The Hall–Kier alpha value is -1.31. The Morgan fingerprint density at radius 1 is 1.35 bits per heavy atom. The molecule has 2 rings (SSSR count). The van der Waals surface area contributed by atoms with Gasteiger partial charge in [-0.25, -0.2) is 0 Å². The molecule has 1 aliphatic heterocycles. The van der Waals surface area contributed by atoms with Crippen LogP contribution >= 0.6 is 0 Å². The molecule has 1 heterocycles. The number of ether oxygens (including phenoxy) is 3. The summed E-state index contributed by atoms with van der Waals surface area (Å²) in [5, 5.41) is 47.6. The standard InChI is InChI=1S/C15H21NO7/c1-21-9-3-2-8(4-5-16)10(6-9)22-15-14(20)13(19)12(18)11(7-17)23-15/h2-4,9-15,17-20H,6-7H2,1H3/b8-4-/t9-,10-,11-,12-,13+,14-,15-/m1/s1. The van der Waals surface area contributed by atoms with Crippen LogP contribution in [-0.4, -0.2) is 77.1 Å². The third-order valence-electron chi connectivity index (χ3n) is 4.00. The molecule has 2 aliphatic rings. The molecule has 1 fully saturated rings. The Morgan fingerprint density at radius 3 is 2.70 bits per heavy atom. The Bertz CT molecular complexity index is 499. The number of nitriles is 1. The Morgan fingerprint density at radius 2 is 2.09 bits per heavy atom. The zero-order valence-corrected chi connectivity index (χ0v) is 12.6. The van der Waals surface area contributed by atoms with Crippen molar-refractivity contribution in [2.45, 2.75) is 49.3 Å². The van der Waals surface area contributed by atoms with E-state index in [0.29, 0.717) is 12.0 Å². The quantitative estimate of drug-likeness (QED) is 0.463. The third-order valence-corrected chi connectivity index (χ3v) is 4.00. The van der Waals surface area contributed by atoms with Crippen molar-refractivity contribution in [3.05, 3.63) is 23.8 Å². The highest BCUT2D eigenvalue weighted by molar-refractivity contribution is 5.32. The second-order valence-corrected chi connectivity index (χ2v) is 5.46. The monoisotopic (exact) mass is 327 g/mol. The highest BCUT2D eigenvalue weighted by atomic mass is 16.7. The van der Waals surface area contributed by atoms with Crippen LogP contribution in [0.5, 0.6) is 0 Å². The maximum absolute atomic E-state index is 10.0. The molecule has 4 N–H and O–H groups in total. The maximum Gasteiger partial charge on any atom is 0.187 e. The van der Waals surface area contributed by atoms with Crippen molar-refractivity contribution in [2.24, 2.45) is 0 Å². The molecule has 8 heteroatoms. The molecule has 0 aromatic heterocycles. The van der Waals surface area contributed by atoms with E-state index < -0.39 is 43.4 Å². The summed E-state index contributed by atoms with van der Waals surface area (Å²) in [4.78, 5) is 0. The van der Waals surface area contributed by atoms with E-state index in [4.69, 9.17) is 19.5 Å². The normalized spacial score (nSPS) is 42.6. The van der Waals surface area contributed by atoms with Gasteiger partial charge in [-0.3, -0.25) is 0 Å². The summed E-state index contributed by atoms with van der Waals surface area (Å²) in [7, 11) is 1.54. The molecular weight excluding hydrogens is 306 g/mol. The molecule has 0 aromatic rings. The number of hydrogen-bond acceptors (Lipinski definition) is 8. The summed E-state index contributed by atoms with van der Waals surface area (Å²) < 4.78 is 16.2. The lowest BCUT2D eigenvalue weighted by molar-refractivity contribution is -0.309. The maximum atomic E-state index is 10.0. The van der Waals surface area contributed by atoms with Crippen molar-refractivity contribution in [3.63, 3.8) is 0 Å². The fraction of sp³-hybridized carbons (Fsp3) is 0.667. The first-order valence-electron chi connectivity index (χ1n) is 7.28. The SMILES string of the molecule is CO[C@@H]1C=C/C(=C/C#N)[C@H](O[C@@H]2O[C@H](CO)[C@@H](O)[C@H](O)[C@H]2O)C1. The minimum atomic E-state index is -1.51. The first kappa shape index (κ1) is 18.0. The van der Waals surface area contributed by atoms with Crippen LogP contribution in [0.2, 0.25) is 0 Å². The molecule has 0 aromatic carbocycles. The van der Waals surface area contributed by atoms with Crippen LogP contribution in [-0.2, 0) is 14.2 Å². The Balaban J connectivity index is 2.13. The van der Waals surface area contributed by atoms with E-state index in [9.17, 15) is 20.4 Å². The third kappa shape index (κ3) is 3.97. The van der Waals surface area contributed by atoms with E-state index in [2.05, 4.69) is 0 Å². The van der Waals surface area contributed by atoms with Crippen LogP contribution in [0.4, 0.5) is 0 Å². The van der Waals surface area contributed by atoms with E-state index in [1.165, 1.54) is 6.08 Å². The molecule has 0 amide bonds. The fourth-order valence-electron chi connectivity index (χ4n) is 2.62. The largest absolute Gasteiger partial charge is 0.394 e. The van der Waals surface area contributed by atoms with Crippen molar-refractivity contribution in [2.75, 3.05) is 13.7 Å². The summed E-state index contributed by atoms with van der Waals surface area (Å²) >= 11 is 0. The lowest BCUT2D eigenvalue weighted by atomic mass is 9.95. The number of rotatable bonds is 4. The molecule has 0 saturated carbocycles. The average Bonchev–Trinajstić information content (AvgIpc) is 2.57. The molecule has 23 heavy (non-hydrogen) atoms. The van der Waals surface area contributed by atoms with Crippen LogP contribution in [0, 0.1) is 11.3 Å². The van der Waals surface area contributed by atoms with Gasteiger partial charge in [0.25, 0.3) is 0 Å². The summed E-state index contributed by atoms with van der Waals surface area (Å²) in [6.45, 7) is -0.531. The summed E-state index contributed by atoms with van der Waals surface area (Å²) in [6, 6.07) is 1.92. The molecule has 1 aliphatic carbocycles. The number of aliphatic hydroxyl groups excluding tert-OH is 4. The first-order valence-corrected chi connectivity index (χ1v) is 7.28. The zero-order chi connectivity index (χ0) is 17.0. The van der Waals surface area contributed by atoms with Crippen molar-refractivity contribution in [1.82, 2.24) is 0 Å². The number of allylic oxidation sites excluding steroid dienone is 1. The molecule has 0 bridgehead atoms.